The minimum Gasteiger partial charge on any atom is -0.321 e. The molecule has 0 saturated heterocycles. The maximum atomic E-state index is 12.3. The second kappa shape index (κ2) is 6.93. The van der Waals surface area contributed by atoms with Crippen molar-refractivity contribution < 1.29 is 4.79 Å². The fourth-order valence-corrected chi connectivity index (χ4v) is 2.17. The van der Waals surface area contributed by atoms with E-state index in [1.807, 2.05) is 50.2 Å². The van der Waals surface area contributed by atoms with Crippen LogP contribution in [0.15, 0.2) is 48.0 Å². The van der Waals surface area contributed by atoms with E-state index >= 15 is 0 Å². The van der Waals surface area contributed by atoms with Crippen LogP contribution in [0.4, 0.5) is 5.69 Å². The number of nitrogens with one attached hydrogen (secondary N) is 1. The molecule has 0 bridgehead atoms. The minimum atomic E-state index is -0.450. The summed E-state index contributed by atoms with van der Waals surface area (Å²) in [4.78, 5) is 12.3. The third-order valence-corrected chi connectivity index (χ3v) is 3.40. The van der Waals surface area contributed by atoms with Gasteiger partial charge in [0, 0.05) is 10.7 Å². The van der Waals surface area contributed by atoms with Gasteiger partial charge in [0.2, 0.25) is 0 Å². The Morgan fingerprint density at radius 1 is 1.23 bits per heavy atom. The van der Waals surface area contributed by atoms with Crippen LogP contribution in [0.3, 0.4) is 0 Å². The Morgan fingerprint density at radius 3 is 2.68 bits per heavy atom. The molecule has 1 N–H and O–H groups in total. The van der Waals surface area contributed by atoms with Crippen molar-refractivity contribution in [3.63, 3.8) is 0 Å². The highest BCUT2D eigenvalue weighted by molar-refractivity contribution is 6.31. The van der Waals surface area contributed by atoms with Crippen LogP contribution in [-0.4, -0.2) is 5.91 Å². The van der Waals surface area contributed by atoms with E-state index in [2.05, 4.69) is 5.32 Å². The maximum absolute atomic E-state index is 12.3. The first-order chi connectivity index (χ1) is 10.5. The van der Waals surface area contributed by atoms with Crippen LogP contribution >= 0.6 is 11.6 Å². The number of nitrogens with zero attached hydrogens (tertiary/aromatic N) is 1. The topological polar surface area (TPSA) is 52.9 Å². The van der Waals surface area contributed by atoms with Crippen LogP contribution < -0.4 is 5.32 Å². The molecule has 0 aromatic heterocycles. The molecule has 22 heavy (non-hydrogen) atoms. The van der Waals surface area contributed by atoms with Crippen LogP contribution in [0.25, 0.3) is 6.08 Å². The van der Waals surface area contributed by atoms with Gasteiger partial charge in [0.1, 0.15) is 11.6 Å². The average Bonchev–Trinajstić information content (AvgIpc) is 2.48. The molecule has 2 rings (SSSR count). The van der Waals surface area contributed by atoms with Gasteiger partial charge in [0.15, 0.2) is 0 Å². The lowest BCUT2D eigenvalue weighted by Gasteiger charge is -2.08. The molecule has 0 aliphatic rings. The molecule has 0 saturated carbocycles. The zero-order chi connectivity index (χ0) is 16.1. The van der Waals surface area contributed by atoms with Gasteiger partial charge in [-0.25, -0.2) is 0 Å². The molecule has 2 aromatic rings. The van der Waals surface area contributed by atoms with E-state index in [0.29, 0.717) is 10.7 Å². The Morgan fingerprint density at radius 2 is 2.00 bits per heavy atom. The molecule has 0 radical (unpaired) electrons. The number of rotatable bonds is 3. The molecule has 0 spiro atoms. The SMILES string of the molecule is Cc1cccc(/C=C(\C#N)C(=O)Nc2cc(Cl)ccc2C)c1. The Labute approximate surface area is 134 Å². The number of carbonyl (C=O) groups excluding carboxylic acids is 1. The Kier molecular flexibility index (Phi) is 4.98. The third-order valence-electron chi connectivity index (χ3n) is 3.17. The third kappa shape index (κ3) is 3.97. The largest absolute Gasteiger partial charge is 0.321 e. The first-order valence-corrected chi connectivity index (χ1v) is 7.13. The quantitative estimate of drug-likeness (QED) is 0.670. The molecule has 3 nitrogen and oxygen atoms in total. The minimum absolute atomic E-state index is 0.0463. The number of amides is 1. The van der Waals surface area contributed by atoms with Crippen molar-refractivity contribution in [2.75, 3.05) is 5.32 Å². The van der Waals surface area contributed by atoms with Gasteiger partial charge >= 0.3 is 0 Å². The monoisotopic (exact) mass is 310 g/mol. The molecule has 0 atom stereocenters. The molecule has 0 aliphatic carbocycles. The molecule has 1 amide bonds. The van der Waals surface area contributed by atoms with E-state index in [9.17, 15) is 10.1 Å². The van der Waals surface area contributed by atoms with E-state index < -0.39 is 5.91 Å². The van der Waals surface area contributed by atoms with Crippen LogP contribution in [0.2, 0.25) is 5.02 Å². The molecule has 2 aromatic carbocycles. The van der Waals surface area contributed by atoms with Gasteiger partial charge in [-0.3, -0.25) is 4.79 Å². The normalized spacial score (nSPS) is 10.9. The van der Waals surface area contributed by atoms with Crippen LogP contribution in [-0.2, 0) is 4.79 Å². The van der Waals surface area contributed by atoms with Gasteiger partial charge in [-0.15, -0.1) is 0 Å². The van der Waals surface area contributed by atoms with Crippen LogP contribution in [0, 0.1) is 25.2 Å². The lowest BCUT2D eigenvalue weighted by molar-refractivity contribution is -0.112. The number of halogens is 1. The zero-order valence-corrected chi connectivity index (χ0v) is 13.1. The van der Waals surface area contributed by atoms with Gasteiger partial charge in [0.05, 0.1) is 0 Å². The molecule has 0 fully saturated rings. The number of carbonyl (C=O) groups is 1. The summed E-state index contributed by atoms with van der Waals surface area (Å²) in [5.41, 5.74) is 3.41. The highest BCUT2D eigenvalue weighted by Crippen LogP contribution is 2.21. The first kappa shape index (κ1) is 15.8. The van der Waals surface area contributed by atoms with Crippen LogP contribution in [0.5, 0.6) is 0 Å². The predicted molar refractivity (Wildman–Crippen MR) is 89.6 cm³/mol. The zero-order valence-electron chi connectivity index (χ0n) is 12.4. The average molecular weight is 311 g/mol. The van der Waals surface area contributed by atoms with Crippen molar-refractivity contribution in [3.8, 4) is 6.07 Å². The smallest absolute Gasteiger partial charge is 0.266 e. The second-order valence-electron chi connectivity index (χ2n) is 5.00. The molecule has 0 heterocycles. The van der Waals surface area contributed by atoms with Crippen molar-refractivity contribution in [1.82, 2.24) is 0 Å². The summed E-state index contributed by atoms with van der Waals surface area (Å²) in [7, 11) is 0. The molecule has 0 unspecified atom stereocenters. The van der Waals surface area contributed by atoms with E-state index in [-0.39, 0.29) is 5.57 Å². The molecular formula is C18H15ClN2O. The number of hydrogen-bond donors (Lipinski definition) is 1. The number of benzene rings is 2. The Hall–Kier alpha value is -2.57. The van der Waals surface area contributed by atoms with E-state index in [4.69, 9.17) is 11.6 Å². The van der Waals surface area contributed by atoms with Gasteiger partial charge in [-0.2, -0.15) is 5.26 Å². The fourth-order valence-electron chi connectivity index (χ4n) is 1.99. The van der Waals surface area contributed by atoms with Gasteiger partial charge in [0.25, 0.3) is 5.91 Å². The summed E-state index contributed by atoms with van der Waals surface area (Å²) in [6.45, 7) is 3.82. The fraction of sp³-hybridized carbons (Fsp3) is 0.111. The van der Waals surface area contributed by atoms with E-state index in [1.165, 1.54) is 0 Å². The predicted octanol–water partition coefficient (Wildman–Crippen LogP) is 4.50. The standard InChI is InChI=1S/C18H15ClN2O/c1-12-4-3-5-14(8-12)9-15(11-20)18(22)21-17-10-16(19)7-6-13(17)2/h3-10H,1-2H3,(H,21,22)/b15-9+. The number of anilines is 1. The molecule has 0 aliphatic heterocycles. The lowest BCUT2D eigenvalue weighted by Crippen LogP contribution is -2.14. The van der Waals surface area contributed by atoms with Crippen molar-refractivity contribution in [2.24, 2.45) is 0 Å². The van der Waals surface area contributed by atoms with E-state index in [0.717, 1.165) is 16.7 Å². The van der Waals surface area contributed by atoms with Gasteiger partial charge in [-0.05, 0) is 43.2 Å². The number of nitriles is 1. The molecule has 4 heteroatoms. The summed E-state index contributed by atoms with van der Waals surface area (Å²) in [5, 5.41) is 12.5. The number of hydrogen-bond acceptors (Lipinski definition) is 2. The van der Waals surface area contributed by atoms with Crippen molar-refractivity contribution in [3.05, 3.63) is 69.8 Å². The second-order valence-corrected chi connectivity index (χ2v) is 5.43. The first-order valence-electron chi connectivity index (χ1n) is 6.75. The van der Waals surface area contributed by atoms with Crippen molar-refractivity contribution in [1.29, 1.82) is 5.26 Å². The number of aryl methyl sites for hydroxylation is 2. The summed E-state index contributed by atoms with van der Waals surface area (Å²) < 4.78 is 0. The summed E-state index contributed by atoms with van der Waals surface area (Å²) in [5.74, 6) is -0.450. The van der Waals surface area contributed by atoms with Crippen molar-refractivity contribution >= 4 is 29.3 Å². The van der Waals surface area contributed by atoms with Gasteiger partial charge < -0.3 is 5.32 Å². The summed E-state index contributed by atoms with van der Waals surface area (Å²) >= 11 is 5.93. The highest BCUT2D eigenvalue weighted by atomic mass is 35.5. The maximum Gasteiger partial charge on any atom is 0.266 e. The summed E-state index contributed by atoms with van der Waals surface area (Å²) in [6, 6.07) is 14.8. The summed E-state index contributed by atoms with van der Waals surface area (Å²) in [6.07, 6.45) is 1.57. The molecule has 110 valence electrons. The Bertz CT molecular complexity index is 788. The Balaban J connectivity index is 2.26. The van der Waals surface area contributed by atoms with Crippen LogP contribution in [0.1, 0.15) is 16.7 Å². The van der Waals surface area contributed by atoms with Gasteiger partial charge in [-0.1, -0.05) is 47.5 Å². The van der Waals surface area contributed by atoms with Crippen molar-refractivity contribution in [2.45, 2.75) is 13.8 Å². The highest BCUT2D eigenvalue weighted by Gasteiger charge is 2.11. The van der Waals surface area contributed by atoms with E-state index in [1.54, 1.807) is 18.2 Å². The lowest BCUT2D eigenvalue weighted by atomic mass is 10.1. The molecular weight excluding hydrogens is 296 g/mol.